The standard InChI is InChI=1S/C8H13NO4/c1-13-8(12)5-3-2-4(9-5)7(11)6(3)10/h3-7,9-11H,2H2,1H3/t3-,4-,5-,6-,7+/m1/s1. The molecule has 0 amide bonds. The van der Waals surface area contributed by atoms with Gasteiger partial charge in [0.2, 0.25) is 0 Å². The smallest absolute Gasteiger partial charge is 0.323 e. The fraction of sp³-hybridized carbons (Fsp3) is 0.875. The fourth-order valence-corrected chi connectivity index (χ4v) is 2.29. The lowest BCUT2D eigenvalue weighted by atomic mass is 9.96. The number of carbonyl (C=O) groups is 1. The van der Waals surface area contributed by atoms with Gasteiger partial charge in [0.1, 0.15) is 6.04 Å². The topological polar surface area (TPSA) is 78.8 Å². The van der Waals surface area contributed by atoms with Crippen molar-refractivity contribution in [3.05, 3.63) is 0 Å². The second-order valence-corrected chi connectivity index (χ2v) is 3.65. The molecule has 5 atom stereocenters. The number of piperidine rings is 1. The van der Waals surface area contributed by atoms with Gasteiger partial charge in [0, 0.05) is 12.0 Å². The summed E-state index contributed by atoms with van der Waals surface area (Å²) in [7, 11) is 1.32. The minimum atomic E-state index is -0.796. The van der Waals surface area contributed by atoms with Gasteiger partial charge in [-0.15, -0.1) is 0 Å². The van der Waals surface area contributed by atoms with Gasteiger partial charge < -0.3 is 14.9 Å². The molecule has 2 aliphatic rings. The molecular formula is C8H13NO4. The van der Waals surface area contributed by atoms with Crippen molar-refractivity contribution in [2.75, 3.05) is 7.11 Å². The molecule has 1 saturated carbocycles. The van der Waals surface area contributed by atoms with Crippen LogP contribution in [-0.2, 0) is 9.53 Å². The average molecular weight is 187 g/mol. The first-order valence-electron chi connectivity index (χ1n) is 4.35. The summed E-state index contributed by atoms with van der Waals surface area (Å²) in [6.45, 7) is 0. The summed E-state index contributed by atoms with van der Waals surface area (Å²) in [5, 5.41) is 21.8. The normalized spacial score (nSPS) is 48.1. The Morgan fingerprint density at radius 3 is 2.62 bits per heavy atom. The van der Waals surface area contributed by atoms with Crippen LogP contribution in [0.5, 0.6) is 0 Å². The first-order chi connectivity index (χ1) is 6.15. The third-order valence-corrected chi connectivity index (χ3v) is 3.00. The Kier molecular flexibility index (Phi) is 2.02. The Balaban J connectivity index is 2.10. The third-order valence-electron chi connectivity index (χ3n) is 3.00. The number of nitrogens with one attached hydrogen (secondary N) is 1. The number of fused-ring (bicyclic) bond motifs is 2. The van der Waals surface area contributed by atoms with E-state index in [1.54, 1.807) is 0 Å². The van der Waals surface area contributed by atoms with Crippen LogP contribution in [0.2, 0.25) is 0 Å². The van der Waals surface area contributed by atoms with E-state index in [9.17, 15) is 15.0 Å². The quantitative estimate of drug-likeness (QED) is 0.424. The summed E-state index contributed by atoms with van der Waals surface area (Å²) in [6.07, 6.45) is -0.900. The highest BCUT2D eigenvalue weighted by Gasteiger charge is 2.54. The lowest BCUT2D eigenvalue weighted by Gasteiger charge is -2.28. The van der Waals surface area contributed by atoms with Gasteiger partial charge in [-0.3, -0.25) is 10.1 Å². The maximum Gasteiger partial charge on any atom is 0.323 e. The highest BCUT2D eigenvalue weighted by Crippen LogP contribution is 2.36. The van der Waals surface area contributed by atoms with E-state index in [0.717, 1.165) is 0 Å². The molecule has 1 heterocycles. The summed E-state index contributed by atoms with van der Waals surface area (Å²) in [5.74, 6) is -0.564. The number of aliphatic hydroxyl groups excluding tert-OH is 2. The summed E-state index contributed by atoms with van der Waals surface area (Å²) < 4.78 is 4.58. The van der Waals surface area contributed by atoms with E-state index in [0.29, 0.717) is 6.42 Å². The Morgan fingerprint density at radius 2 is 2.15 bits per heavy atom. The highest BCUT2D eigenvalue weighted by atomic mass is 16.5. The third kappa shape index (κ3) is 1.15. The van der Waals surface area contributed by atoms with Gasteiger partial charge >= 0.3 is 5.97 Å². The highest BCUT2D eigenvalue weighted by molar-refractivity contribution is 5.77. The molecule has 74 valence electrons. The Hall–Kier alpha value is -0.650. The van der Waals surface area contributed by atoms with Crippen LogP contribution >= 0.6 is 0 Å². The minimum absolute atomic E-state index is 0.163. The maximum absolute atomic E-state index is 11.2. The van der Waals surface area contributed by atoms with E-state index < -0.39 is 18.2 Å². The van der Waals surface area contributed by atoms with Crippen molar-refractivity contribution in [3.8, 4) is 0 Å². The molecule has 2 bridgehead atoms. The van der Waals surface area contributed by atoms with Gasteiger partial charge in [0.05, 0.1) is 19.3 Å². The molecule has 13 heavy (non-hydrogen) atoms. The molecule has 2 rings (SSSR count). The molecule has 5 heteroatoms. The van der Waals surface area contributed by atoms with Gasteiger partial charge in [0.15, 0.2) is 0 Å². The molecule has 1 aliphatic heterocycles. The lowest BCUT2D eigenvalue weighted by molar-refractivity contribution is -0.147. The number of methoxy groups -OCH3 is 1. The minimum Gasteiger partial charge on any atom is -0.468 e. The maximum atomic E-state index is 11.2. The van der Waals surface area contributed by atoms with E-state index in [1.165, 1.54) is 7.11 Å². The van der Waals surface area contributed by atoms with Crippen LogP contribution in [0, 0.1) is 5.92 Å². The lowest BCUT2D eigenvalue weighted by Crippen LogP contribution is -2.54. The number of hydrogen-bond donors (Lipinski definition) is 3. The molecule has 0 aromatic carbocycles. The van der Waals surface area contributed by atoms with E-state index in [1.807, 2.05) is 0 Å². The SMILES string of the molecule is COC(=O)[C@@H]1N[C@@H]2C[C@H]1[C@@H](O)[C@H]2O. The molecule has 0 aromatic heterocycles. The molecule has 0 aromatic rings. The largest absolute Gasteiger partial charge is 0.468 e. The molecule has 0 unspecified atom stereocenters. The predicted octanol–water partition coefficient (Wildman–Crippen LogP) is -1.76. The van der Waals surface area contributed by atoms with Crippen molar-refractivity contribution in [2.24, 2.45) is 5.92 Å². The van der Waals surface area contributed by atoms with Crippen molar-refractivity contribution in [1.82, 2.24) is 5.32 Å². The van der Waals surface area contributed by atoms with Crippen LogP contribution in [0.1, 0.15) is 6.42 Å². The molecule has 0 spiro atoms. The van der Waals surface area contributed by atoms with Crippen molar-refractivity contribution in [3.63, 3.8) is 0 Å². The number of esters is 1. The van der Waals surface area contributed by atoms with E-state index in [4.69, 9.17) is 0 Å². The van der Waals surface area contributed by atoms with Crippen molar-refractivity contribution < 1.29 is 19.7 Å². The van der Waals surface area contributed by atoms with Crippen molar-refractivity contribution in [1.29, 1.82) is 0 Å². The zero-order valence-corrected chi connectivity index (χ0v) is 7.30. The predicted molar refractivity (Wildman–Crippen MR) is 42.8 cm³/mol. The number of hydrogen-bond acceptors (Lipinski definition) is 5. The summed E-state index contributed by atoms with van der Waals surface area (Å²) in [6, 6.07) is -0.613. The molecule has 3 N–H and O–H groups in total. The van der Waals surface area contributed by atoms with Gasteiger partial charge in [-0.05, 0) is 6.42 Å². The summed E-state index contributed by atoms with van der Waals surface area (Å²) in [4.78, 5) is 11.2. The number of rotatable bonds is 1. The number of carbonyl (C=O) groups excluding carboxylic acids is 1. The monoisotopic (exact) mass is 187 g/mol. The average Bonchev–Trinajstić information content (AvgIpc) is 2.67. The Morgan fingerprint density at radius 1 is 1.46 bits per heavy atom. The van der Waals surface area contributed by atoms with Crippen LogP contribution in [0.3, 0.4) is 0 Å². The van der Waals surface area contributed by atoms with Crippen molar-refractivity contribution in [2.45, 2.75) is 30.7 Å². The van der Waals surface area contributed by atoms with E-state index in [2.05, 4.69) is 10.1 Å². The van der Waals surface area contributed by atoms with Crippen LogP contribution in [0.15, 0.2) is 0 Å². The first-order valence-corrected chi connectivity index (χ1v) is 4.35. The zero-order valence-electron chi connectivity index (χ0n) is 7.30. The van der Waals surface area contributed by atoms with Crippen LogP contribution < -0.4 is 5.32 Å². The van der Waals surface area contributed by atoms with Crippen LogP contribution in [-0.4, -0.2) is 47.6 Å². The molecule has 1 saturated heterocycles. The van der Waals surface area contributed by atoms with Crippen LogP contribution in [0.25, 0.3) is 0 Å². The van der Waals surface area contributed by atoms with E-state index in [-0.39, 0.29) is 17.9 Å². The Labute approximate surface area is 75.7 Å². The molecule has 2 fully saturated rings. The van der Waals surface area contributed by atoms with Gasteiger partial charge in [0.25, 0.3) is 0 Å². The molecule has 5 nitrogen and oxygen atoms in total. The number of aliphatic hydroxyl groups is 2. The molecule has 1 aliphatic carbocycles. The molecular weight excluding hydrogens is 174 g/mol. The second kappa shape index (κ2) is 2.94. The zero-order chi connectivity index (χ0) is 9.59. The fourth-order valence-electron chi connectivity index (χ4n) is 2.29. The van der Waals surface area contributed by atoms with Gasteiger partial charge in [-0.1, -0.05) is 0 Å². The first kappa shape index (κ1) is 8.93. The van der Waals surface area contributed by atoms with E-state index >= 15 is 0 Å². The summed E-state index contributed by atoms with van der Waals surface area (Å²) >= 11 is 0. The Bertz CT molecular complexity index is 230. The van der Waals surface area contributed by atoms with Crippen molar-refractivity contribution >= 4 is 5.97 Å². The van der Waals surface area contributed by atoms with Crippen LogP contribution in [0.4, 0.5) is 0 Å². The second-order valence-electron chi connectivity index (χ2n) is 3.65. The van der Waals surface area contributed by atoms with Gasteiger partial charge in [-0.2, -0.15) is 0 Å². The number of ether oxygens (including phenoxy) is 1. The molecule has 0 radical (unpaired) electrons. The van der Waals surface area contributed by atoms with Gasteiger partial charge in [-0.25, -0.2) is 0 Å². The summed E-state index contributed by atoms with van der Waals surface area (Å²) in [5.41, 5.74) is 0.